The van der Waals surface area contributed by atoms with Crippen LogP contribution in [0.1, 0.15) is 25.8 Å². The minimum Gasteiger partial charge on any atom is -0.326 e. The molecule has 2 unspecified atom stereocenters. The molecule has 2 N–H and O–H groups in total. The van der Waals surface area contributed by atoms with Gasteiger partial charge in [0.25, 0.3) is 5.91 Å². The lowest BCUT2D eigenvalue weighted by atomic mass is 10.1. The molecule has 0 radical (unpaired) electrons. The van der Waals surface area contributed by atoms with E-state index in [1.807, 2.05) is 4.90 Å². The Morgan fingerprint density at radius 1 is 1.33 bits per heavy atom. The molecular formula is C18H23FN6O2. The maximum absolute atomic E-state index is 13.0. The molecule has 1 fully saturated rings. The topological polar surface area (TPSA) is 89.4 Å². The van der Waals surface area contributed by atoms with Gasteiger partial charge in [-0.3, -0.25) is 10.1 Å². The average molecular weight is 374 g/mol. The van der Waals surface area contributed by atoms with E-state index in [2.05, 4.69) is 34.7 Å². The van der Waals surface area contributed by atoms with Crippen molar-refractivity contribution >= 4 is 24.1 Å². The monoisotopic (exact) mass is 374 g/mol. The van der Waals surface area contributed by atoms with Gasteiger partial charge in [-0.2, -0.15) is 5.10 Å². The largest absolute Gasteiger partial charge is 0.326 e. The van der Waals surface area contributed by atoms with Gasteiger partial charge in [-0.1, -0.05) is 26.0 Å². The number of carbonyl (C=O) groups is 2. The highest BCUT2D eigenvalue weighted by Gasteiger charge is 2.48. The van der Waals surface area contributed by atoms with E-state index in [-0.39, 0.29) is 11.7 Å². The summed E-state index contributed by atoms with van der Waals surface area (Å²) in [5, 5.41) is 6.51. The number of carbonyl (C=O) groups excluding carboxylic acids is 2. The normalized spacial score (nSPS) is 22.3. The third-order valence-corrected chi connectivity index (χ3v) is 4.56. The number of rotatable bonds is 5. The molecule has 1 aromatic rings. The van der Waals surface area contributed by atoms with E-state index in [9.17, 15) is 14.0 Å². The molecular weight excluding hydrogens is 351 g/mol. The molecule has 0 saturated carbocycles. The molecule has 8 nitrogen and oxygen atoms in total. The van der Waals surface area contributed by atoms with Crippen LogP contribution in [0.15, 0.2) is 34.4 Å². The van der Waals surface area contributed by atoms with Gasteiger partial charge in [0.15, 0.2) is 12.2 Å². The van der Waals surface area contributed by atoms with E-state index >= 15 is 0 Å². The molecule has 3 amide bonds. The van der Waals surface area contributed by atoms with Crippen LogP contribution in [0.2, 0.25) is 0 Å². The predicted octanol–water partition coefficient (Wildman–Crippen LogP) is 1.34. The summed E-state index contributed by atoms with van der Waals surface area (Å²) in [6, 6.07) is 4.85. The Labute approximate surface area is 157 Å². The molecule has 0 aliphatic carbocycles. The Hall–Kier alpha value is -2.97. The Bertz CT molecular complexity index is 777. The molecule has 0 spiro atoms. The number of guanidine groups is 1. The number of imide groups is 1. The summed E-state index contributed by atoms with van der Waals surface area (Å²) < 4.78 is 13.0. The quantitative estimate of drug-likeness (QED) is 0.601. The highest BCUT2D eigenvalue weighted by atomic mass is 19.1. The van der Waals surface area contributed by atoms with Crippen LogP contribution in [0.25, 0.3) is 0 Å². The van der Waals surface area contributed by atoms with Gasteiger partial charge >= 0.3 is 6.03 Å². The molecule has 1 saturated heterocycles. The molecule has 2 atom stereocenters. The first-order valence-corrected chi connectivity index (χ1v) is 8.83. The van der Waals surface area contributed by atoms with Gasteiger partial charge in [0.1, 0.15) is 5.82 Å². The fraction of sp³-hybridized carbons (Fsp3) is 0.444. The zero-order valence-electron chi connectivity index (χ0n) is 15.5. The number of nitrogens with zero attached hydrogens (tertiary/aromatic N) is 4. The van der Waals surface area contributed by atoms with Crippen molar-refractivity contribution < 1.29 is 14.0 Å². The molecule has 0 bridgehead atoms. The number of nitrogens with one attached hydrogen (secondary N) is 2. The van der Waals surface area contributed by atoms with Crippen LogP contribution < -0.4 is 10.7 Å². The van der Waals surface area contributed by atoms with Gasteiger partial charge in [-0.05, 0) is 30.0 Å². The van der Waals surface area contributed by atoms with Crippen molar-refractivity contribution in [2.24, 2.45) is 16.0 Å². The van der Waals surface area contributed by atoms with Crippen LogP contribution in [-0.2, 0) is 4.79 Å². The van der Waals surface area contributed by atoms with Crippen LogP contribution >= 0.6 is 0 Å². The summed E-state index contributed by atoms with van der Waals surface area (Å²) in [6.45, 7) is 4.80. The van der Waals surface area contributed by atoms with Gasteiger partial charge in [-0.25, -0.2) is 19.6 Å². The summed E-state index contributed by atoms with van der Waals surface area (Å²) in [6.07, 6.45) is 1.80. The van der Waals surface area contributed by atoms with Gasteiger partial charge in [0, 0.05) is 13.6 Å². The first-order chi connectivity index (χ1) is 12.9. The summed E-state index contributed by atoms with van der Waals surface area (Å²) in [4.78, 5) is 32.0. The van der Waals surface area contributed by atoms with Crippen molar-refractivity contribution in [3.05, 3.63) is 35.6 Å². The third-order valence-electron chi connectivity index (χ3n) is 4.56. The number of hydrazone groups is 1. The average Bonchev–Trinajstić information content (AvgIpc) is 2.99. The number of likely N-dealkylation sites (N-methyl/N-ethyl adjacent to an activating group) is 1. The summed E-state index contributed by atoms with van der Waals surface area (Å²) in [5.41, 5.74) is 3.59. The van der Waals surface area contributed by atoms with Crippen LogP contribution in [0.4, 0.5) is 9.18 Å². The van der Waals surface area contributed by atoms with Crippen molar-refractivity contribution in [2.75, 3.05) is 13.6 Å². The Morgan fingerprint density at radius 3 is 2.70 bits per heavy atom. The van der Waals surface area contributed by atoms with Gasteiger partial charge in [0.2, 0.25) is 5.96 Å². The van der Waals surface area contributed by atoms with Crippen LogP contribution in [0, 0.1) is 11.7 Å². The van der Waals surface area contributed by atoms with Crippen LogP contribution in [0.5, 0.6) is 0 Å². The minimum atomic E-state index is -0.595. The molecule has 0 aromatic heterocycles. The van der Waals surface area contributed by atoms with E-state index < -0.39 is 18.2 Å². The van der Waals surface area contributed by atoms with Crippen LogP contribution in [-0.4, -0.2) is 59.7 Å². The Kier molecular flexibility index (Phi) is 5.38. The second-order valence-corrected chi connectivity index (χ2v) is 7.01. The van der Waals surface area contributed by atoms with E-state index in [0.29, 0.717) is 18.4 Å². The van der Waals surface area contributed by atoms with Crippen molar-refractivity contribution in [2.45, 2.75) is 32.5 Å². The van der Waals surface area contributed by atoms with Gasteiger partial charge < -0.3 is 9.80 Å². The fourth-order valence-corrected chi connectivity index (χ4v) is 2.97. The molecule has 3 rings (SSSR count). The van der Waals surface area contributed by atoms with Crippen molar-refractivity contribution in [3.8, 4) is 0 Å². The second-order valence-electron chi connectivity index (χ2n) is 7.01. The molecule has 9 heteroatoms. The highest BCUT2D eigenvalue weighted by molar-refractivity contribution is 6.03. The standard InChI is InChI=1S/C18H23FN6O2/c1-11(2)8-9-25-14-15(24(3)18(27)22-16(14)26)21-17(25)23-20-10-12-4-6-13(19)7-5-12/h4-7,10-11,14-15H,8-9H2,1-3H3,(H,21,23)(H,22,26,27)/b20-10+. The number of benzene rings is 1. The number of hydrogen-bond acceptors (Lipinski definition) is 6. The first-order valence-electron chi connectivity index (χ1n) is 8.83. The number of halogens is 1. The highest BCUT2D eigenvalue weighted by Crippen LogP contribution is 2.24. The minimum absolute atomic E-state index is 0.317. The molecule has 1 aromatic carbocycles. The second kappa shape index (κ2) is 7.73. The molecule has 2 aliphatic rings. The third kappa shape index (κ3) is 4.07. The lowest BCUT2D eigenvalue weighted by molar-refractivity contribution is -0.127. The van der Waals surface area contributed by atoms with Gasteiger partial charge in [-0.15, -0.1) is 0 Å². The van der Waals surface area contributed by atoms with Crippen molar-refractivity contribution in [1.82, 2.24) is 20.5 Å². The number of urea groups is 1. The van der Waals surface area contributed by atoms with Crippen LogP contribution in [0.3, 0.4) is 0 Å². The molecule has 144 valence electrons. The zero-order chi connectivity index (χ0) is 19.6. The lowest BCUT2D eigenvalue weighted by Gasteiger charge is -2.36. The maximum atomic E-state index is 13.0. The Balaban J connectivity index is 1.78. The molecule has 2 heterocycles. The van der Waals surface area contributed by atoms with Crippen molar-refractivity contribution in [3.63, 3.8) is 0 Å². The SMILES string of the molecule is CC(C)CCN1C(N/N=C/c2ccc(F)cc2)=NC2C1C(=O)NC(=O)N2C. The van der Waals surface area contributed by atoms with Crippen molar-refractivity contribution in [1.29, 1.82) is 0 Å². The Morgan fingerprint density at radius 2 is 2.04 bits per heavy atom. The van der Waals surface area contributed by atoms with E-state index in [0.717, 1.165) is 12.0 Å². The smallest absolute Gasteiger partial charge is 0.325 e. The summed E-state index contributed by atoms with van der Waals surface area (Å²) in [7, 11) is 1.61. The summed E-state index contributed by atoms with van der Waals surface area (Å²) in [5.74, 6) is 0.192. The lowest BCUT2D eigenvalue weighted by Crippen LogP contribution is -2.64. The van der Waals surface area contributed by atoms with E-state index in [1.54, 1.807) is 25.4 Å². The molecule has 2 aliphatic heterocycles. The predicted molar refractivity (Wildman–Crippen MR) is 99.6 cm³/mol. The summed E-state index contributed by atoms with van der Waals surface area (Å²) >= 11 is 0. The fourth-order valence-electron chi connectivity index (χ4n) is 2.97. The maximum Gasteiger partial charge on any atom is 0.325 e. The van der Waals surface area contributed by atoms with Gasteiger partial charge in [0.05, 0.1) is 6.21 Å². The first kappa shape index (κ1) is 18.8. The number of aliphatic imine (C=N–C) groups is 1. The van der Waals surface area contributed by atoms with E-state index in [1.165, 1.54) is 17.0 Å². The molecule has 27 heavy (non-hydrogen) atoms. The van der Waals surface area contributed by atoms with E-state index in [4.69, 9.17) is 0 Å². The number of amides is 3. The number of hydrogen-bond donors (Lipinski definition) is 2. The number of fused-ring (bicyclic) bond motifs is 1. The zero-order valence-corrected chi connectivity index (χ0v) is 15.5.